The summed E-state index contributed by atoms with van der Waals surface area (Å²) in [5, 5.41) is 1.29. The first-order valence-corrected chi connectivity index (χ1v) is 10.2. The summed E-state index contributed by atoms with van der Waals surface area (Å²) < 4.78 is 7.53. The van der Waals surface area contributed by atoms with E-state index in [9.17, 15) is 4.79 Å². The Morgan fingerprint density at radius 2 is 2.00 bits per heavy atom. The Balaban J connectivity index is 1.69. The number of carbonyl (C=O) groups is 1. The molecule has 2 aromatic heterocycles. The first kappa shape index (κ1) is 17.7. The smallest absolute Gasteiger partial charge is 0.173 e. The summed E-state index contributed by atoms with van der Waals surface area (Å²) in [7, 11) is 2.00. The third kappa shape index (κ3) is 3.45. The third-order valence-electron chi connectivity index (χ3n) is 5.33. The van der Waals surface area contributed by atoms with Crippen LogP contribution in [0.1, 0.15) is 46.8 Å². The van der Waals surface area contributed by atoms with E-state index in [1.165, 1.54) is 16.1 Å². The van der Waals surface area contributed by atoms with Crippen LogP contribution >= 0.6 is 11.3 Å². The van der Waals surface area contributed by atoms with Gasteiger partial charge in [-0.1, -0.05) is 13.8 Å². The van der Waals surface area contributed by atoms with Crippen molar-refractivity contribution in [2.24, 2.45) is 12.5 Å². The van der Waals surface area contributed by atoms with E-state index in [0.717, 1.165) is 56.1 Å². The fourth-order valence-electron chi connectivity index (χ4n) is 4.08. The molecule has 0 amide bonds. The number of fused-ring (bicyclic) bond motifs is 1. The Morgan fingerprint density at radius 3 is 2.69 bits per heavy atom. The lowest BCUT2D eigenvalue weighted by Gasteiger charge is -2.30. The van der Waals surface area contributed by atoms with Crippen LogP contribution in [0.4, 0.5) is 5.00 Å². The highest BCUT2D eigenvalue weighted by Gasteiger charge is 2.36. The fraction of sp³-hybridized carbons (Fsp3) is 0.600. The van der Waals surface area contributed by atoms with Crippen molar-refractivity contribution in [2.45, 2.75) is 39.5 Å². The average molecular weight is 374 g/mol. The predicted molar refractivity (Wildman–Crippen MR) is 104 cm³/mol. The minimum Gasteiger partial charge on any atom is -0.378 e. The molecule has 2 aromatic rings. The van der Waals surface area contributed by atoms with Gasteiger partial charge in [-0.05, 0) is 35.8 Å². The van der Waals surface area contributed by atoms with E-state index in [1.54, 1.807) is 11.3 Å². The summed E-state index contributed by atoms with van der Waals surface area (Å²) in [6.45, 7) is 7.77. The molecule has 1 aliphatic carbocycles. The number of aryl methyl sites for hydroxylation is 2. The van der Waals surface area contributed by atoms with E-state index in [-0.39, 0.29) is 5.41 Å². The molecule has 0 aromatic carbocycles. The van der Waals surface area contributed by atoms with Crippen LogP contribution in [0.5, 0.6) is 0 Å². The number of thiophene rings is 1. The highest BCUT2D eigenvalue weighted by molar-refractivity contribution is 7.18. The summed E-state index contributed by atoms with van der Waals surface area (Å²) in [6.07, 6.45) is 7.44. The highest BCUT2D eigenvalue weighted by Crippen LogP contribution is 2.45. The second-order valence-electron chi connectivity index (χ2n) is 8.26. The topological polar surface area (TPSA) is 47.4 Å². The Bertz CT molecular complexity index is 815. The van der Waals surface area contributed by atoms with Crippen LogP contribution in [-0.4, -0.2) is 41.6 Å². The molecule has 0 radical (unpaired) electrons. The van der Waals surface area contributed by atoms with Crippen LogP contribution in [-0.2, 0) is 31.0 Å². The summed E-state index contributed by atoms with van der Waals surface area (Å²) in [5.41, 5.74) is 3.84. The predicted octanol–water partition coefficient (Wildman–Crippen LogP) is 3.26. The van der Waals surface area contributed by atoms with Gasteiger partial charge >= 0.3 is 0 Å². The maximum absolute atomic E-state index is 12.8. The zero-order valence-electron chi connectivity index (χ0n) is 15.9. The normalized spacial score (nSPS) is 19.7. The number of rotatable bonds is 4. The lowest BCUT2D eigenvalue weighted by atomic mass is 9.75. The van der Waals surface area contributed by atoms with Gasteiger partial charge in [-0.3, -0.25) is 4.79 Å². The Kier molecular flexibility index (Phi) is 4.65. The van der Waals surface area contributed by atoms with E-state index in [4.69, 9.17) is 4.74 Å². The second kappa shape index (κ2) is 6.82. The Hall–Kier alpha value is -1.66. The number of carbonyl (C=O) groups excluding carboxylic acids is 1. The van der Waals surface area contributed by atoms with Crippen LogP contribution in [0.3, 0.4) is 0 Å². The molecular formula is C20H27N3O2S. The monoisotopic (exact) mass is 373 g/mol. The van der Waals surface area contributed by atoms with Gasteiger partial charge in [0.15, 0.2) is 5.78 Å². The molecule has 3 heterocycles. The van der Waals surface area contributed by atoms with Gasteiger partial charge in [0.2, 0.25) is 0 Å². The van der Waals surface area contributed by atoms with Gasteiger partial charge in [-0.15, -0.1) is 11.3 Å². The number of hydrogen-bond donors (Lipinski definition) is 0. The van der Waals surface area contributed by atoms with Crippen molar-refractivity contribution in [1.29, 1.82) is 0 Å². The lowest BCUT2D eigenvalue weighted by molar-refractivity contribution is 0.0917. The third-order valence-corrected chi connectivity index (χ3v) is 6.71. The number of imidazole rings is 1. The molecule has 2 aliphatic rings. The van der Waals surface area contributed by atoms with Crippen molar-refractivity contribution in [3.63, 3.8) is 0 Å². The summed E-state index contributed by atoms with van der Waals surface area (Å²) >= 11 is 1.71. The van der Waals surface area contributed by atoms with Gasteiger partial charge in [0.1, 0.15) is 0 Å². The van der Waals surface area contributed by atoms with Crippen molar-refractivity contribution >= 4 is 22.1 Å². The van der Waals surface area contributed by atoms with Gasteiger partial charge in [-0.25, -0.2) is 4.98 Å². The van der Waals surface area contributed by atoms with Crippen LogP contribution in [0.15, 0.2) is 12.5 Å². The van der Waals surface area contributed by atoms with Gasteiger partial charge in [0.05, 0.1) is 35.1 Å². The molecule has 1 fully saturated rings. The van der Waals surface area contributed by atoms with Crippen LogP contribution in [0.25, 0.3) is 0 Å². The first-order chi connectivity index (χ1) is 12.4. The van der Waals surface area contributed by atoms with Crippen molar-refractivity contribution in [2.75, 3.05) is 31.2 Å². The molecule has 4 rings (SSSR count). The summed E-state index contributed by atoms with van der Waals surface area (Å²) in [6, 6.07) is 0. The standard InChI is InChI=1S/C20H27N3O2S/c1-20(2)10-16-15(5-4-14-12-22(3)13-21-14)19(23-6-8-25-9-7-23)26-18(16)17(24)11-20/h12-13H,4-11H2,1-3H3. The van der Waals surface area contributed by atoms with E-state index < -0.39 is 0 Å². The first-order valence-electron chi connectivity index (χ1n) is 9.40. The number of aromatic nitrogens is 2. The molecule has 1 aliphatic heterocycles. The number of ether oxygens (including phenoxy) is 1. The van der Waals surface area contributed by atoms with E-state index in [2.05, 4.69) is 29.9 Å². The number of hydrogen-bond acceptors (Lipinski definition) is 5. The molecule has 0 N–H and O–H groups in total. The van der Waals surface area contributed by atoms with Crippen molar-refractivity contribution in [1.82, 2.24) is 9.55 Å². The van der Waals surface area contributed by atoms with Crippen LogP contribution in [0.2, 0.25) is 0 Å². The van der Waals surface area contributed by atoms with Crippen molar-refractivity contribution < 1.29 is 9.53 Å². The number of Topliss-reactive ketones (excluding diaryl/α,β-unsaturated/α-hetero) is 1. The summed E-state index contributed by atoms with van der Waals surface area (Å²) in [5.74, 6) is 0.319. The molecule has 0 atom stereocenters. The Morgan fingerprint density at radius 1 is 1.23 bits per heavy atom. The molecule has 5 nitrogen and oxygen atoms in total. The largest absolute Gasteiger partial charge is 0.378 e. The molecule has 0 saturated carbocycles. The Labute approximate surface area is 159 Å². The van der Waals surface area contributed by atoms with E-state index in [1.807, 2.05) is 17.9 Å². The zero-order valence-corrected chi connectivity index (χ0v) is 16.7. The molecule has 1 saturated heterocycles. The average Bonchev–Trinajstić information content (AvgIpc) is 3.16. The fourth-order valence-corrected chi connectivity index (χ4v) is 5.44. The minimum absolute atomic E-state index is 0.0488. The number of nitrogens with zero attached hydrogens (tertiary/aromatic N) is 3. The van der Waals surface area contributed by atoms with Gasteiger partial charge in [0.25, 0.3) is 0 Å². The molecule has 6 heteroatoms. The second-order valence-corrected chi connectivity index (χ2v) is 9.26. The molecule has 140 valence electrons. The quantitative estimate of drug-likeness (QED) is 0.825. The van der Waals surface area contributed by atoms with Gasteiger partial charge in [-0.2, -0.15) is 0 Å². The molecule has 0 spiro atoms. The number of morpholine rings is 1. The zero-order chi connectivity index (χ0) is 18.3. The summed E-state index contributed by atoms with van der Waals surface area (Å²) in [4.78, 5) is 20.7. The number of anilines is 1. The van der Waals surface area contributed by atoms with Gasteiger partial charge < -0.3 is 14.2 Å². The van der Waals surface area contributed by atoms with Crippen LogP contribution in [0, 0.1) is 5.41 Å². The maximum atomic E-state index is 12.8. The highest BCUT2D eigenvalue weighted by atomic mass is 32.1. The molecular weight excluding hydrogens is 346 g/mol. The van der Waals surface area contributed by atoms with Crippen LogP contribution < -0.4 is 4.90 Å². The van der Waals surface area contributed by atoms with Crippen molar-refractivity contribution in [3.05, 3.63) is 34.2 Å². The molecule has 26 heavy (non-hydrogen) atoms. The van der Waals surface area contributed by atoms with Gasteiger partial charge in [0, 0.05) is 32.8 Å². The lowest BCUT2D eigenvalue weighted by Crippen LogP contribution is -2.36. The SMILES string of the molecule is Cn1cnc(CCc2c(N3CCOCC3)sc3c2CC(C)(C)CC3=O)c1. The number of ketones is 1. The maximum Gasteiger partial charge on any atom is 0.173 e. The molecule has 0 unspecified atom stereocenters. The van der Waals surface area contributed by atoms with E-state index in [0.29, 0.717) is 12.2 Å². The van der Waals surface area contributed by atoms with E-state index >= 15 is 0 Å². The minimum atomic E-state index is 0.0488. The molecule has 0 bridgehead atoms. The van der Waals surface area contributed by atoms with Crippen molar-refractivity contribution in [3.8, 4) is 0 Å².